The molecule has 1 amide bonds. The van der Waals surface area contributed by atoms with Crippen LogP contribution < -0.4 is 5.32 Å². The van der Waals surface area contributed by atoms with E-state index in [9.17, 15) is 9.59 Å². The van der Waals surface area contributed by atoms with Gasteiger partial charge in [0.15, 0.2) is 0 Å². The number of carbonyl (C=O) groups is 2. The number of amides is 1. The Morgan fingerprint density at radius 1 is 1.32 bits per heavy atom. The summed E-state index contributed by atoms with van der Waals surface area (Å²) in [4.78, 5) is 21.7. The molecule has 6 heteroatoms. The predicted octanol–water partition coefficient (Wildman–Crippen LogP) is 1.11. The van der Waals surface area contributed by atoms with Crippen molar-refractivity contribution in [2.75, 3.05) is 6.54 Å². The fourth-order valence-electron chi connectivity index (χ4n) is 1.77. The average molecular weight is 267 g/mol. The van der Waals surface area contributed by atoms with Crippen molar-refractivity contribution in [1.29, 1.82) is 0 Å². The average Bonchev–Trinajstić information content (AvgIpc) is 2.76. The summed E-state index contributed by atoms with van der Waals surface area (Å²) < 4.78 is 1.76. The molecular weight excluding hydrogens is 246 g/mol. The van der Waals surface area contributed by atoms with Crippen LogP contribution in [0.2, 0.25) is 0 Å². The van der Waals surface area contributed by atoms with Gasteiger partial charge in [0.2, 0.25) is 5.91 Å². The minimum Gasteiger partial charge on any atom is -0.481 e. The molecule has 0 aromatic carbocycles. The second kappa shape index (κ2) is 8.29. The first-order chi connectivity index (χ1) is 9.08. The summed E-state index contributed by atoms with van der Waals surface area (Å²) in [7, 11) is 1.88. The lowest BCUT2D eigenvalue weighted by atomic mass is 10.2. The summed E-state index contributed by atoms with van der Waals surface area (Å²) in [6, 6.07) is 0. The van der Waals surface area contributed by atoms with E-state index in [0.717, 1.165) is 12.8 Å². The van der Waals surface area contributed by atoms with Crippen molar-refractivity contribution in [3.63, 3.8) is 0 Å². The number of nitrogens with zero attached hydrogens (tertiary/aromatic N) is 2. The number of carboxylic acids is 1. The monoisotopic (exact) mass is 267 g/mol. The molecule has 0 unspecified atom stereocenters. The lowest BCUT2D eigenvalue weighted by Crippen LogP contribution is -2.24. The number of nitrogens with one attached hydrogen (secondary N) is 1. The lowest BCUT2D eigenvalue weighted by molar-refractivity contribution is -0.137. The highest BCUT2D eigenvalue weighted by Crippen LogP contribution is 2.01. The topological polar surface area (TPSA) is 84.2 Å². The van der Waals surface area contributed by atoms with Crippen LogP contribution in [0.4, 0.5) is 0 Å². The summed E-state index contributed by atoms with van der Waals surface area (Å²) in [5.41, 5.74) is 1.17. The molecule has 0 aliphatic rings. The maximum atomic E-state index is 11.4. The molecule has 0 radical (unpaired) electrons. The van der Waals surface area contributed by atoms with E-state index >= 15 is 0 Å². The second-order valence-electron chi connectivity index (χ2n) is 4.58. The van der Waals surface area contributed by atoms with Crippen molar-refractivity contribution in [3.8, 4) is 0 Å². The van der Waals surface area contributed by atoms with Crippen molar-refractivity contribution in [2.24, 2.45) is 7.05 Å². The number of aryl methyl sites for hydroxylation is 2. The fourth-order valence-corrected chi connectivity index (χ4v) is 1.77. The molecular formula is C13H21N3O3. The van der Waals surface area contributed by atoms with E-state index in [1.807, 2.05) is 19.4 Å². The highest BCUT2D eigenvalue weighted by Gasteiger charge is 2.02. The Morgan fingerprint density at radius 3 is 2.68 bits per heavy atom. The zero-order valence-corrected chi connectivity index (χ0v) is 11.3. The molecule has 1 aromatic rings. The number of carboxylic acid groups (broad SMARTS) is 1. The van der Waals surface area contributed by atoms with Crippen LogP contribution in [-0.2, 0) is 23.1 Å². The molecule has 0 atom stereocenters. The smallest absolute Gasteiger partial charge is 0.303 e. The summed E-state index contributed by atoms with van der Waals surface area (Å²) in [6.45, 7) is 0.645. The molecule has 0 aliphatic heterocycles. The summed E-state index contributed by atoms with van der Waals surface area (Å²) in [5, 5.41) is 15.4. The molecule has 0 saturated heterocycles. The minimum absolute atomic E-state index is 0.00317. The van der Waals surface area contributed by atoms with Crippen molar-refractivity contribution >= 4 is 11.9 Å². The molecule has 1 aromatic heterocycles. The molecule has 2 N–H and O–H groups in total. The van der Waals surface area contributed by atoms with Crippen molar-refractivity contribution in [3.05, 3.63) is 18.0 Å². The SMILES string of the molecule is Cn1cc(CCCNC(=O)CCCCC(=O)O)cn1. The van der Waals surface area contributed by atoms with Gasteiger partial charge < -0.3 is 10.4 Å². The van der Waals surface area contributed by atoms with Gasteiger partial charge in [0.05, 0.1) is 6.20 Å². The third kappa shape index (κ3) is 7.23. The fraction of sp³-hybridized carbons (Fsp3) is 0.615. The van der Waals surface area contributed by atoms with Gasteiger partial charge in [-0.3, -0.25) is 14.3 Å². The lowest BCUT2D eigenvalue weighted by Gasteiger charge is -2.04. The Labute approximate surface area is 112 Å². The van der Waals surface area contributed by atoms with E-state index in [0.29, 0.717) is 25.8 Å². The molecule has 6 nitrogen and oxygen atoms in total. The van der Waals surface area contributed by atoms with Crippen LogP contribution in [0.1, 0.15) is 37.7 Å². The van der Waals surface area contributed by atoms with E-state index in [-0.39, 0.29) is 12.3 Å². The van der Waals surface area contributed by atoms with Gasteiger partial charge in [-0.15, -0.1) is 0 Å². The van der Waals surface area contributed by atoms with E-state index in [1.165, 1.54) is 5.56 Å². The first kappa shape index (κ1) is 15.2. The minimum atomic E-state index is -0.808. The highest BCUT2D eigenvalue weighted by molar-refractivity contribution is 5.75. The number of rotatable bonds is 9. The Morgan fingerprint density at radius 2 is 2.05 bits per heavy atom. The van der Waals surface area contributed by atoms with Crippen LogP contribution >= 0.6 is 0 Å². The highest BCUT2D eigenvalue weighted by atomic mass is 16.4. The Balaban J connectivity index is 1.99. The zero-order chi connectivity index (χ0) is 14.1. The standard InChI is InChI=1S/C13H21N3O3/c1-16-10-11(9-15-16)5-4-8-14-12(17)6-2-3-7-13(18)19/h9-10H,2-8H2,1H3,(H,14,17)(H,18,19). The number of unbranched alkanes of at least 4 members (excludes halogenated alkanes) is 1. The van der Waals surface area contributed by atoms with Crippen LogP contribution in [0.25, 0.3) is 0 Å². The van der Waals surface area contributed by atoms with Gasteiger partial charge in [0.1, 0.15) is 0 Å². The van der Waals surface area contributed by atoms with Crippen LogP contribution in [-0.4, -0.2) is 33.3 Å². The summed E-state index contributed by atoms with van der Waals surface area (Å²) in [5.74, 6) is -0.812. The van der Waals surface area contributed by atoms with Crippen molar-refractivity contribution in [2.45, 2.75) is 38.5 Å². The summed E-state index contributed by atoms with van der Waals surface area (Å²) in [6.07, 6.45) is 7.29. The number of hydrogen-bond acceptors (Lipinski definition) is 3. The largest absolute Gasteiger partial charge is 0.481 e. The number of carbonyl (C=O) groups excluding carboxylic acids is 1. The molecule has 0 bridgehead atoms. The van der Waals surface area contributed by atoms with Crippen molar-refractivity contribution < 1.29 is 14.7 Å². The molecule has 106 valence electrons. The molecule has 19 heavy (non-hydrogen) atoms. The molecule has 1 heterocycles. The van der Waals surface area contributed by atoms with Crippen LogP contribution in [0, 0.1) is 0 Å². The molecule has 0 aliphatic carbocycles. The third-order valence-electron chi connectivity index (χ3n) is 2.77. The normalized spacial score (nSPS) is 10.4. The second-order valence-corrected chi connectivity index (χ2v) is 4.58. The predicted molar refractivity (Wildman–Crippen MR) is 70.6 cm³/mol. The van der Waals surface area contributed by atoms with E-state index in [4.69, 9.17) is 5.11 Å². The number of aliphatic carboxylic acids is 1. The van der Waals surface area contributed by atoms with Gasteiger partial charge in [-0.05, 0) is 31.2 Å². The number of hydrogen-bond donors (Lipinski definition) is 2. The first-order valence-corrected chi connectivity index (χ1v) is 6.54. The first-order valence-electron chi connectivity index (χ1n) is 6.54. The van der Waals surface area contributed by atoms with E-state index in [2.05, 4.69) is 10.4 Å². The van der Waals surface area contributed by atoms with Gasteiger partial charge in [-0.2, -0.15) is 5.10 Å². The van der Waals surface area contributed by atoms with Crippen LogP contribution in [0.15, 0.2) is 12.4 Å². The Bertz CT molecular complexity index is 415. The zero-order valence-electron chi connectivity index (χ0n) is 11.3. The molecule has 0 fully saturated rings. The van der Waals surface area contributed by atoms with E-state index < -0.39 is 5.97 Å². The van der Waals surface area contributed by atoms with E-state index in [1.54, 1.807) is 4.68 Å². The Hall–Kier alpha value is -1.85. The van der Waals surface area contributed by atoms with Gasteiger partial charge in [-0.25, -0.2) is 0 Å². The quantitative estimate of drug-likeness (QED) is 0.656. The Kier molecular flexibility index (Phi) is 6.63. The molecule has 1 rings (SSSR count). The maximum absolute atomic E-state index is 11.4. The molecule has 0 saturated carbocycles. The van der Waals surface area contributed by atoms with Gasteiger partial charge in [0.25, 0.3) is 0 Å². The number of aromatic nitrogens is 2. The van der Waals surface area contributed by atoms with Gasteiger partial charge in [-0.1, -0.05) is 0 Å². The maximum Gasteiger partial charge on any atom is 0.303 e. The van der Waals surface area contributed by atoms with Crippen molar-refractivity contribution in [1.82, 2.24) is 15.1 Å². The third-order valence-corrected chi connectivity index (χ3v) is 2.77. The van der Waals surface area contributed by atoms with Gasteiger partial charge in [0, 0.05) is 32.6 Å². The van der Waals surface area contributed by atoms with Gasteiger partial charge >= 0.3 is 5.97 Å². The summed E-state index contributed by atoms with van der Waals surface area (Å²) >= 11 is 0. The van der Waals surface area contributed by atoms with Crippen LogP contribution in [0.3, 0.4) is 0 Å². The van der Waals surface area contributed by atoms with Crippen LogP contribution in [0.5, 0.6) is 0 Å². The molecule has 0 spiro atoms.